The SMILES string of the molecule is C[C@H](Oc1ccc(C#N)cc1Cl)C(=O)N(CCC#N)c1ccccc1. The van der Waals surface area contributed by atoms with E-state index in [4.69, 9.17) is 26.9 Å². The normalized spacial score (nSPS) is 11.0. The van der Waals surface area contributed by atoms with Crippen LogP contribution in [0.4, 0.5) is 5.69 Å². The minimum atomic E-state index is -0.802. The Morgan fingerprint density at radius 1 is 1.24 bits per heavy atom. The van der Waals surface area contributed by atoms with Crippen LogP contribution in [0.15, 0.2) is 48.5 Å². The summed E-state index contributed by atoms with van der Waals surface area (Å²) in [7, 11) is 0. The van der Waals surface area contributed by atoms with Crippen LogP contribution in [0.25, 0.3) is 0 Å². The number of ether oxygens (including phenoxy) is 1. The molecule has 0 aromatic heterocycles. The summed E-state index contributed by atoms with van der Waals surface area (Å²) < 4.78 is 5.67. The van der Waals surface area contributed by atoms with Crippen molar-refractivity contribution in [2.24, 2.45) is 0 Å². The third-order valence-corrected chi connectivity index (χ3v) is 3.79. The first kappa shape index (κ1) is 18.3. The predicted octanol–water partition coefficient (Wildman–Crippen LogP) is 3.93. The van der Waals surface area contributed by atoms with Gasteiger partial charge in [-0.05, 0) is 37.3 Å². The topological polar surface area (TPSA) is 77.1 Å². The lowest BCUT2D eigenvalue weighted by Gasteiger charge is -2.25. The Kier molecular flexibility index (Phi) is 6.39. The third-order valence-electron chi connectivity index (χ3n) is 3.49. The van der Waals surface area contributed by atoms with Gasteiger partial charge in [0, 0.05) is 12.2 Å². The van der Waals surface area contributed by atoms with Crippen molar-refractivity contribution < 1.29 is 9.53 Å². The lowest BCUT2D eigenvalue weighted by Crippen LogP contribution is -2.41. The number of nitriles is 2. The molecule has 0 aliphatic carbocycles. The Hall–Kier alpha value is -3.02. The highest BCUT2D eigenvalue weighted by Crippen LogP contribution is 2.27. The molecule has 0 saturated carbocycles. The summed E-state index contributed by atoms with van der Waals surface area (Å²) in [4.78, 5) is 14.3. The zero-order valence-corrected chi connectivity index (χ0v) is 14.4. The summed E-state index contributed by atoms with van der Waals surface area (Å²) in [6.45, 7) is 1.90. The number of para-hydroxylation sites is 1. The van der Waals surface area contributed by atoms with Crippen LogP contribution < -0.4 is 9.64 Å². The lowest BCUT2D eigenvalue weighted by molar-refractivity contribution is -0.124. The average Bonchev–Trinajstić information content (AvgIpc) is 2.64. The second-order valence-corrected chi connectivity index (χ2v) is 5.66. The van der Waals surface area contributed by atoms with Crippen LogP contribution in [0.2, 0.25) is 5.02 Å². The molecule has 0 fully saturated rings. The number of benzene rings is 2. The van der Waals surface area contributed by atoms with Crippen molar-refractivity contribution in [1.29, 1.82) is 10.5 Å². The molecule has 0 aliphatic heterocycles. The molecule has 0 saturated heterocycles. The summed E-state index contributed by atoms with van der Waals surface area (Å²) >= 11 is 6.09. The second-order valence-electron chi connectivity index (χ2n) is 5.25. The van der Waals surface area contributed by atoms with Crippen LogP contribution in [0, 0.1) is 22.7 Å². The number of carbonyl (C=O) groups is 1. The molecule has 0 N–H and O–H groups in total. The first-order valence-corrected chi connectivity index (χ1v) is 8.04. The van der Waals surface area contributed by atoms with E-state index in [0.717, 1.165) is 0 Å². The molecule has 2 aromatic rings. The number of amides is 1. The van der Waals surface area contributed by atoms with Gasteiger partial charge in [-0.2, -0.15) is 10.5 Å². The molecule has 0 bridgehead atoms. The molecule has 126 valence electrons. The third kappa shape index (κ3) is 4.73. The Morgan fingerprint density at radius 2 is 1.96 bits per heavy atom. The van der Waals surface area contributed by atoms with E-state index in [1.807, 2.05) is 30.3 Å². The van der Waals surface area contributed by atoms with Crippen molar-refractivity contribution in [1.82, 2.24) is 0 Å². The lowest BCUT2D eigenvalue weighted by atomic mass is 10.2. The predicted molar refractivity (Wildman–Crippen MR) is 95.3 cm³/mol. The summed E-state index contributed by atoms with van der Waals surface area (Å²) in [5.74, 6) is 0.0525. The highest BCUT2D eigenvalue weighted by molar-refractivity contribution is 6.32. The van der Waals surface area contributed by atoms with Crippen LogP contribution in [-0.4, -0.2) is 18.6 Å². The molecule has 0 heterocycles. The van der Waals surface area contributed by atoms with Gasteiger partial charge in [-0.3, -0.25) is 4.79 Å². The number of rotatable bonds is 6. The van der Waals surface area contributed by atoms with E-state index in [1.165, 1.54) is 11.0 Å². The van der Waals surface area contributed by atoms with Gasteiger partial charge >= 0.3 is 0 Å². The van der Waals surface area contributed by atoms with Gasteiger partial charge in [0.15, 0.2) is 6.10 Å². The molecule has 5 nitrogen and oxygen atoms in total. The van der Waals surface area contributed by atoms with Crippen molar-refractivity contribution in [3.63, 3.8) is 0 Å². The smallest absolute Gasteiger partial charge is 0.267 e. The molecule has 1 atom stereocenters. The van der Waals surface area contributed by atoms with Gasteiger partial charge in [-0.25, -0.2) is 0 Å². The number of anilines is 1. The van der Waals surface area contributed by atoms with Gasteiger partial charge in [-0.1, -0.05) is 29.8 Å². The van der Waals surface area contributed by atoms with E-state index in [2.05, 4.69) is 0 Å². The van der Waals surface area contributed by atoms with Crippen molar-refractivity contribution in [2.45, 2.75) is 19.4 Å². The molecular formula is C19H16ClN3O2. The summed E-state index contributed by atoms with van der Waals surface area (Å²) in [5.41, 5.74) is 1.11. The fourth-order valence-corrected chi connectivity index (χ4v) is 2.49. The van der Waals surface area contributed by atoms with Gasteiger partial charge in [0.05, 0.1) is 29.1 Å². The molecule has 0 spiro atoms. The first-order chi connectivity index (χ1) is 12.1. The van der Waals surface area contributed by atoms with E-state index in [1.54, 1.807) is 31.2 Å². The van der Waals surface area contributed by atoms with Crippen molar-refractivity contribution in [3.05, 3.63) is 59.1 Å². The minimum absolute atomic E-state index is 0.213. The van der Waals surface area contributed by atoms with E-state index >= 15 is 0 Å². The van der Waals surface area contributed by atoms with Crippen LogP contribution in [0.1, 0.15) is 18.9 Å². The fraction of sp³-hybridized carbons (Fsp3) is 0.211. The Morgan fingerprint density at radius 3 is 2.56 bits per heavy atom. The van der Waals surface area contributed by atoms with Gasteiger partial charge in [-0.15, -0.1) is 0 Å². The Balaban J connectivity index is 2.18. The molecule has 25 heavy (non-hydrogen) atoms. The molecule has 2 rings (SSSR count). The van der Waals surface area contributed by atoms with Gasteiger partial charge in [0.2, 0.25) is 0 Å². The van der Waals surface area contributed by atoms with E-state index in [9.17, 15) is 4.79 Å². The standard InChI is InChI=1S/C19H16ClN3O2/c1-14(25-18-9-8-15(13-22)12-17(18)20)19(24)23(11-5-10-21)16-6-3-2-4-7-16/h2-4,6-9,12,14H,5,11H2,1H3/t14-/m0/s1. The number of carbonyl (C=O) groups excluding carboxylic acids is 1. The van der Waals surface area contributed by atoms with Crippen molar-refractivity contribution in [3.8, 4) is 17.9 Å². The summed E-state index contributed by atoms with van der Waals surface area (Å²) in [6.07, 6.45) is -0.588. The maximum atomic E-state index is 12.8. The van der Waals surface area contributed by atoms with Crippen molar-refractivity contribution in [2.75, 3.05) is 11.4 Å². The van der Waals surface area contributed by atoms with Gasteiger partial charge < -0.3 is 9.64 Å². The molecule has 0 aliphatic rings. The quantitative estimate of drug-likeness (QED) is 0.788. The summed E-state index contributed by atoms with van der Waals surface area (Å²) in [6, 6.07) is 17.8. The molecule has 2 aromatic carbocycles. The summed E-state index contributed by atoms with van der Waals surface area (Å²) in [5, 5.41) is 18.0. The van der Waals surface area contributed by atoms with E-state index in [0.29, 0.717) is 17.0 Å². The molecule has 6 heteroatoms. The van der Waals surface area contributed by atoms with Crippen LogP contribution in [0.3, 0.4) is 0 Å². The van der Waals surface area contributed by atoms with Crippen LogP contribution >= 0.6 is 11.6 Å². The maximum Gasteiger partial charge on any atom is 0.267 e. The zero-order valence-electron chi connectivity index (χ0n) is 13.6. The average molecular weight is 354 g/mol. The number of halogens is 1. The Bertz CT molecular complexity index is 825. The van der Waals surface area contributed by atoms with Gasteiger partial charge in [0.25, 0.3) is 5.91 Å². The van der Waals surface area contributed by atoms with E-state index in [-0.39, 0.29) is 23.9 Å². The largest absolute Gasteiger partial charge is 0.479 e. The van der Waals surface area contributed by atoms with Crippen LogP contribution in [0.5, 0.6) is 5.75 Å². The Labute approximate surface area is 151 Å². The molecule has 0 radical (unpaired) electrons. The molecule has 0 unspecified atom stereocenters. The number of nitrogens with zero attached hydrogens (tertiary/aromatic N) is 3. The second kappa shape index (κ2) is 8.73. The highest BCUT2D eigenvalue weighted by Gasteiger charge is 2.24. The first-order valence-electron chi connectivity index (χ1n) is 7.66. The van der Waals surface area contributed by atoms with Crippen LogP contribution in [-0.2, 0) is 4.79 Å². The van der Waals surface area contributed by atoms with Gasteiger partial charge in [0.1, 0.15) is 5.75 Å². The zero-order chi connectivity index (χ0) is 18.2. The number of hydrogen-bond acceptors (Lipinski definition) is 4. The minimum Gasteiger partial charge on any atom is -0.479 e. The van der Waals surface area contributed by atoms with Crippen molar-refractivity contribution >= 4 is 23.2 Å². The monoisotopic (exact) mass is 353 g/mol. The maximum absolute atomic E-state index is 12.8. The highest BCUT2D eigenvalue weighted by atomic mass is 35.5. The fourth-order valence-electron chi connectivity index (χ4n) is 2.26. The molecule has 1 amide bonds. The molecular weight excluding hydrogens is 338 g/mol. The number of hydrogen-bond donors (Lipinski definition) is 0. The van der Waals surface area contributed by atoms with E-state index < -0.39 is 6.10 Å².